The molecular weight excluding hydrogens is 386 g/mol. The molecule has 0 spiro atoms. The fourth-order valence-corrected chi connectivity index (χ4v) is 3.24. The standard InChI is InChI=1S/C18H23N3O8/c1-17(2,3)29-16(26)19-18(8-11-4-6-12(7-5-11)21(27)28)13(10-22)20(15(18)25)9-14(23)24/h4-7,13,22H,8-10H2,1-3H3,(H,19,26)(H,23,24). The third-order valence-corrected chi connectivity index (χ3v) is 4.42. The number of carbonyl (C=O) groups excluding carboxylic acids is 2. The van der Waals surface area contributed by atoms with Gasteiger partial charge in [-0.15, -0.1) is 0 Å². The first-order valence-corrected chi connectivity index (χ1v) is 8.78. The average molecular weight is 409 g/mol. The summed E-state index contributed by atoms with van der Waals surface area (Å²) in [7, 11) is 0. The number of carbonyl (C=O) groups is 3. The molecule has 2 unspecified atom stereocenters. The maximum atomic E-state index is 12.8. The van der Waals surface area contributed by atoms with Crippen LogP contribution in [-0.2, 0) is 20.7 Å². The summed E-state index contributed by atoms with van der Waals surface area (Å²) in [6.45, 7) is 3.68. The number of nitro groups is 1. The number of hydrogen-bond acceptors (Lipinski definition) is 7. The highest BCUT2D eigenvalue weighted by atomic mass is 16.6. The number of rotatable bonds is 7. The molecule has 1 aromatic carbocycles. The normalized spacial score (nSPS) is 21.3. The number of non-ortho nitro benzene ring substituents is 1. The number of carboxylic acid groups (broad SMARTS) is 1. The minimum atomic E-state index is -1.64. The molecule has 1 aliphatic rings. The van der Waals surface area contributed by atoms with Crippen molar-refractivity contribution in [2.45, 2.75) is 44.4 Å². The van der Waals surface area contributed by atoms with Gasteiger partial charge in [0.1, 0.15) is 17.7 Å². The quantitative estimate of drug-likeness (QED) is 0.337. The first-order chi connectivity index (χ1) is 13.4. The predicted octanol–water partition coefficient (Wildman–Crippen LogP) is 0.688. The summed E-state index contributed by atoms with van der Waals surface area (Å²) >= 11 is 0. The Hall–Kier alpha value is -3.21. The van der Waals surface area contributed by atoms with Gasteiger partial charge in [-0.2, -0.15) is 0 Å². The lowest BCUT2D eigenvalue weighted by Gasteiger charge is -2.54. The number of aliphatic hydroxyl groups excluding tert-OH is 1. The highest BCUT2D eigenvalue weighted by Crippen LogP contribution is 2.35. The fourth-order valence-electron chi connectivity index (χ4n) is 3.24. The Morgan fingerprint density at radius 1 is 1.31 bits per heavy atom. The third-order valence-electron chi connectivity index (χ3n) is 4.42. The lowest BCUT2D eigenvalue weighted by Crippen LogP contribution is -2.82. The maximum Gasteiger partial charge on any atom is 0.408 e. The van der Waals surface area contributed by atoms with E-state index in [1.165, 1.54) is 24.3 Å². The summed E-state index contributed by atoms with van der Waals surface area (Å²) in [5, 5.41) is 32.1. The topological polar surface area (TPSA) is 159 Å². The highest BCUT2D eigenvalue weighted by molar-refractivity contribution is 5.99. The molecule has 1 aromatic rings. The molecule has 1 aliphatic heterocycles. The zero-order valence-electron chi connectivity index (χ0n) is 16.2. The van der Waals surface area contributed by atoms with E-state index in [2.05, 4.69) is 5.32 Å². The molecule has 0 aliphatic carbocycles. The van der Waals surface area contributed by atoms with Crippen molar-refractivity contribution >= 4 is 23.7 Å². The van der Waals surface area contributed by atoms with E-state index in [-0.39, 0.29) is 12.1 Å². The van der Waals surface area contributed by atoms with E-state index < -0.39 is 53.2 Å². The Balaban J connectivity index is 2.35. The van der Waals surface area contributed by atoms with E-state index in [0.717, 1.165) is 4.90 Å². The van der Waals surface area contributed by atoms with Gasteiger partial charge in [-0.25, -0.2) is 4.79 Å². The van der Waals surface area contributed by atoms with Gasteiger partial charge in [-0.1, -0.05) is 12.1 Å². The number of ether oxygens (including phenoxy) is 1. The van der Waals surface area contributed by atoms with E-state index in [9.17, 15) is 29.6 Å². The molecule has 0 bridgehead atoms. The first-order valence-electron chi connectivity index (χ1n) is 8.78. The summed E-state index contributed by atoms with van der Waals surface area (Å²) in [6.07, 6.45) is -1.01. The van der Waals surface area contributed by atoms with Crippen molar-refractivity contribution in [3.05, 3.63) is 39.9 Å². The van der Waals surface area contributed by atoms with Crippen LogP contribution in [0.5, 0.6) is 0 Å². The molecule has 2 rings (SSSR count). The van der Waals surface area contributed by atoms with Crippen molar-refractivity contribution in [3.63, 3.8) is 0 Å². The second-order valence-corrected chi connectivity index (χ2v) is 7.72. The van der Waals surface area contributed by atoms with Crippen LogP contribution in [0.3, 0.4) is 0 Å². The van der Waals surface area contributed by atoms with Crippen LogP contribution in [-0.4, -0.2) is 68.3 Å². The van der Waals surface area contributed by atoms with Gasteiger partial charge in [0.25, 0.3) is 11.6 Å². The zero-order valence-corrected chi connectivity index (χ0v) is 16.2. The smallest absolute Gasteiger partial charge is 0.408 e. The van der Waals surface area contributed by atoms with Crippen LogP contribution in [0.4, 0.5) is 10.5 Å². The van der Waals surface area contributed by atoms with Gasteiger partial charge >= 0.3 is 12.1 Å². The summed E-state index contributed by atoms with van der Waals surface area (Å²) in [5.74, 6) is -1.96. The van der Waals surface area contributed by atoms with Crippen LogP contribution in [0.2, 0.25) is 0 Å². The molecule has 2 atom stereocenters. The molecule has 3 N–H and O–H groups in total. The Labute approximate surface area is 166 Å². The van der Waals surface area contributed by atoms with Crippen LogP contribution in [0.25, 0.3) is 0 Å². The van der Waals surface area contributed by atoms with E-state index in [0.29, 0.717) is 5.56 Å². The number of nitro benzene ring substituents is 1. The summed E-state index contributed by atoms with van der Waals surface area (Å²) in [5.41, 5.74) is -2.15. The number of amides is 2. The Kier molecular flexibility index (Phi) is 6.12. The number of aliphatic hydroxyl groups is 1. The molecule has 11 heteroatoms. The van der Waals surface area contributed by atoms with Crippen LogP contribution < -0.4 is 5.32 Å². The number of likely N-dealkylation sites (tertiary alicyclic amines) is 1. The fraction of sp³-hybridized carbons (Fsp3) is 0.500. The minimum Gasteiger partial charge on any atom is -0.480 e. The van der Waals surface area contributed by atoms with Crippen LogP contribution in [0.15, 0.2) is 24.3 Å². The second kappa shape index (κ2) is 8.03. The molecule has 2 amide bonds. The molecule has 158 valence electrons. The highest BCUT2D eigenvalue weighted by Gasteiger charge is 2.62. The second-order valence-electron chi connectivity index (χ2n) is 7.72. The predicted molar refractivity (Wildman–Crippen MR) is 99.1 cm³/mol. The Morgan fingerprint density at radius 3 is 2.34 bits per heavy atom. The van der Waals surface area contributed by atoms with E-state index in [4.69, 9.17) is 9.84 Å². The van der Waals surface area contributed by atoms with Crippen molar-refractivity contribution in [1.82, 2.24) is 10.2 Å². The number of hydrogen-bond donors (Lipinski definition) is 3. The first kappa shape index (κ1) is 22.1. The maximum absolute atomic E-state index is 12.8. The molecule has 0 aromatic heterocycles. The lowest BCUT2D eigenvalue weighted by molar-refractivity contribution is -0.384. The van der Waals surface area contributed by atoms with Crippen molar-refractivity contribution in [2.24, 2.45) is 0 Å². The summed E-state index contributed by atoms with van der Waals surface area (Å²) in [6, 6.07) is 4.36. The third kappa shape index (κ3) is 4.80. The summed E-state index contributed by atoms with van der Waals surface area (Å²) in [4.78, 5) is 47.4. The molecule has 0 radical (unpaired) electrons. The number of carboxylic acids is 1. The van der Waals surface area contributed by atoms with E-state index >= 15 is 0 Å². The number of β-lactam (4-membered cyclic amide) rings is 1. The molecule has 0 saturated carbocycles. The number of benzene rings is 1. The minimum absolute atomic E-state index is 0.107. The molecule has 1 fully saturated rings. The Morgan fingerprint density at radius 2 is 1.90 bits per heavy atom. The van der Waals surface area contributed by atoms with E-state index in [1.54, 1.807) is 20.8 Å². The average Bonchev–Trinajstić information content (AvgIpc) is 2.59. The van der Waals surface area contributed by atoms with Crippen LogP contribution in [0.1, 0.15) is 26.3 Å². The molecule has 11 nitrogen and oxygen atoms in total. The Bertz CT molecular complexity index is 817. The van der Waals surface area contributed by atoms with Gasteiger partial charge < -0.3 is 25.2 Å². The largest absolute Gasteiger partial charge is 0.480 e. The SMILES string of the molecule is CC(C)(C)OC(=O)NC1(Cc2ccc([N+](=O)[O-])cc2)C(=O)N(CC(=O)O)C1CO. The summed E-state index contributed by atoms with van der Waals surface area (Å²) < 4.78 is 5.21. The van der Waals surface area contributed by atoms with Gasteiger partial charge in [-0.3, -0.25) is 19.7 Å². The number of nitrogens with zero attached hydrogens (tertiary/aromatic N) is 2. The van der Waals surface area contributed by atoms with Gasteiger partial charge in [-0.05, 0) is 26.3 Å². The van der Waals surface area contributed by atoms with Crippen molar-refractivity contribution in [3.8, 4) is 0 Å². The van der Waals surface area contributed by atoms with Gasteiger partial charge in [0.05, 0.1) is 17.6 Å². The van der Waals surface area contributed by atoms with Crippen molar-refractivity contribution < 1.29 is 34.3 Å². The molecule has 29 heavy (non-hydrogen) atoms. The van der Waals surface area contributed by atoms with Crippen molar-refractivity contribution in [1.29, 1.82) is 0 Å². The van der Waals surface area contributed by atoms with E-state index in [1.807, 2.05) is 0 Å². The zero-order chi connectivity index (χ0) is 22.0. The molecular formula is C18H23N3O8. The number of nitrogens with one attached hydrogen (secondary N) is 1. The van der Waals surface area contributed by atoms with Crippen LogP contribution in [0, 0.1) is 10.1 Å². The molecule has 1 heterocycles. The molecule has 1 saturated heterocycles. The van der Waals surface area contributed by atoms with Crippen molar-refractivity contribution in [2.75, 3.05) is 13.2 Å². The number of alkyl carbamates (subject to hydrolysis) is 1. The lowest BCUT2D eigenvalue weighted by atomic mass is 9.74. The van der Waals surface area contributed by atoms with Gasteiger partial charge in [0.15, 0.2) is 0 Å². The van der Waals surface area contributed by atoms with Gasteiger partial charge in [0, 0.05) is 18.6 Å². The van der Waals surface area contributed by atoms with Gasteiger partial charge in [0.2, 0.25) is 0 Å². The monoisotopic (exact) mass is 409 g/mol. The number of aliphatic carboxylic acids is 1. The van der Waals surface area contributed by atoms with Crippen LogP contribution >= 0.6 is 0 Å².